The Labute approximate surface area is 152 Å². The zero-order chi connectivity index (χ0) is 17.1. The highest BCUT2D eigenvalue weighted by Crippen LogP contribution is 2.22. The van der Waals surface area contributed by atoms with Crippen molar-refractivity contribution in [3.8, 4) is 0 Å². The van der Waals surface area contributed by atoms with Gasteiger partial charge in [-0.15, -0.1) is 0 Å². The van der Waals surface area contributed by atoms with Crippen LogP contribution in [0.3, 0.4) is 0 Å². The minimum atomic E-state index is -0.438. The van der Waals surface area contributed by atoms with Gasteiger partial charge >= 0.3 is 0 Å². The quantitative estimate of drug-likeness (QED) is 0.619. The molecule has 0 spiro atoms. The van der Waals surface area contributed by atoms with E-state index in [1.54, 1.807) is 42.5 Å². The predicted molar refractivity (Wildman–Crippen MR) is 98.3 cm³/mol. The monoisotopic (exact) mass is 402 g/mol. The molecule has 0 radical (unpaired) electrons. The second-order valence-electron chi connectivity index (χ2n) is 5.02. The molecule has 120 valence electrons. The first-order chi connectivity index (χ1) is 11.6. The Kier molecular flexibility index (Phi) is 4.83. The molecule has 24 heavy (non-hydrogen) atoms. The van der Waals surface area contributed by atoms with Crippen LogP contribution in [-0.2, 0) is 9.59 Å². The first-order valence-corrected chi connectivity index (χ1v) is 8.27. The molecule has 0 unspecified atom stereocenters. The van der Waals surface area contributed by atoms with Crippen LogP contribution in [0.2, 0.25) is 5.02 Å². The van der Waals surface area contributed by atoms with Crippen molar-refractivity contribution in [2.24, 2.45) is 0 Å². The summed E-state index contributed by atoms with van der Waals surface area (Å²) in [6.45, 7) is 0. The number of carbonyl (C=O) groups excluding carboxylic acids is 2. The summed E-state index contributed by atoms with van der Waals surface area (Å²) in [6, 6.07) is 14.4. The molecule has 0 saturated carbocycles. The Balaban J connectivity index is 1.81. The van der Waals surface area contributed by atoms with Crippen LogP contribution in [-0.4, -0.2) is 11.8 Å². The zero-order valence-corrected chi connectivity index (χ0v) is 14.7. The first kappa shape index (κ1) is 16.5. The highest BCUT2D eigenvalue weighted by atomic mass is 79.9. The number of benzene rings is 2. The van der Waals surface area contributed by atoms with Crippen LogP contribution in [0.25, 0.3) is 6.08 Å². The van der Waals surface area contributed by atoms with Gasteiger partial charge < -0.3 is 0 Å². The second-order valence-corrected chi connectivity index (χ2v) is 6.34. The molecule has 2 amide bonds. The summed E-state index contributed by atoms with van der Waals surface area (Å²) in [6.07, 6.45) is 4.87. The molecule has 0 aliphatic carbocycles. The first-order valence-electron chi connectivity index (χ1n) is 7.10. The molecule has 0 bridgehead atoms. The number of carbonyl (C=O) groups is 2. The predicted octanol–water partition coefficient (Wildman–Crippen LogP) is 4.12. The Morgan fingerprint density at radius 3 is 2.46 bits per heavy atom. The standard InChI is InChI=1S/C18H12BrClN2O2/c19-13-8-10-14(11-9-13)22-18(24)15(17(23)21-22)6-3-5-12-4-1-2-7-16(12)20/h1-11H,(H,21,23)/b5-3+,15-6-. The molecular weight excluding hydrogens is 392 g/mol. The third-order valence-corrected chi connectivity index (χ3v) is 4.29. The van der Waals surface area contributed by atoms with E-state index in [4.69, 9.17) is 11.6 Å². The Morgan fingerprint density at radius 1 is 1.04 bits per heavy atom. The van der Waals surface area contributed by atoms with Gasteiger partial charge in [0.05, 0.1) is 5.69 Å². The molecule has 1 heterocycles. The van der Waals surface area contributed by atoms with Crippen LogP contribution in [0.15, 0.2) is 70.7 Å². The number of nitrogens with one attached hydrogen (secondary N) is 1. The van der Waals surface area contributed by atoms with Crippen LogP contribution in [0, 0.1) is 0 Å². The van der Waals surface area contributed by atoms with Gasteiger partial charge in [-0.2, -0.15) is 0 Å². The molecule has 0 aromatic heterocycles. The van der Waals surface area contributed by atoms with Gasteiger partial charge in [-0.1, -0.05) is 57.9 Å². The Hall–Kier alpha value is -2.37. The van der Waals surface area contributed by atoms with Crippen molar-refractivity contribution in [1.29, 1.82) is 0 Å². The van der Waals surface area contributed by atoms with E-state index in [0.29, 0.717) is 10.7 Å². The SMILES string of the molecule is O=C1NN(c2ccc(Br)cc2)C(=O)/C1=C\C=C\c1ccccc1Cl. The number of hydrogen-bond acceptors (Lipinski definition) is 2. The van der Waals surface area contributed by atoms with Gasteiger partial charge in [-0.05, 0) is 42.0 Å². The van der Waals surface area contributed by atoms with Crippen LogP contribution in [0.1, 0.15) is 5.56 Å². The van der Waals surface area contributed by atoms with Crippen LogP contribution >= 0.6 is 27.5 Å². The van der Waals surface area contributed by atoms with Crippen molar-refractivity contribution < 1.29 is 9.59 Å². The molecule has 2 aromatic rings. The molecule has 0 atom stereocenters. The van der Waals surface area contributed by atoms with E-state index >= 15 is 0 Å². The normalized spacial score (nSPS) is 16.2. The van der Waals surface area contributed by atoms with Crippen molar-refractivity contribution in [2.45, 2.75) is 0 Å². The summed E-state index contributed by atoms with van der Waals surface area (Å²) in [5.74, 6) is -0.835. The van der Waals surface area contributed by atoms with Crippen LogP contribution < -0.4 is 10.4 Å². The van der Waals surface area contributed by atoms with Crippen molar-refractivity contribution in [3.05, 3.63) is 81.3 Å². The number of halogens is 2. The maximum atomic E-state index is 12.4. The number of rotatable bonds is 3. The average molecular weight is 404 g/mol. The topological polar surface area (TPSA) is 49.4 Å². The third-order valence-electron chi connectivity index (χ3n) is 3.42. The summed E-state index contributed by atoms with van der Waals surface area (Å²) in [5, 5.41) is 1.83. The summed E-state index contributed by atoms with van der Waals surface area (Å²) in [7, 11) is 0. The summed E-state index contributed by atoms with van der Waals surface area (Å²) in [4.78, 5) is 24.4. The third kappa shape index (κ3) is 3.42. The summed E-state index contributed by atoms with van der Waals surface area (Å²) >= 11 is 9.40. The molecule has 6 heteroatoms. The largest absolute Gasteiger partial charge is 0.282 e. The molecule has 1 fully saturated rings. The molecule has 1 aliphatic heterocycles. The Bertz CT molecular complexity index is 860. The number of anilines is 1. The number of hydrazine groups is 1. The lowest BCUT2D eigenvalue weighted by Gasteiger charge is -2.14. The highest BCUT2D eigenvalue weighted by molar-refractivity contribution is 9.10. The molecule has 1 N–H and O–H groups in total. The summed E-state index contributed by atoms with van der Waals surface area (Å²) in [5.41, 5.74) is 4.03. The lowest BCUT2D eigenvalue weighted by molar-refractivity contribution is -0.117. The highest BCUT2D eigenvalue weighted by Gasteiger charge is 2.33. The molecule has 3 rings (SSSR count). The fourth-order valence-electron chi connectivity index (χ4n) is 2.21. The van der Waals surface area contributed by atoms with Crippen molar-refractivity contribution in [1.82, 2.24) is 5.43 Å². The van der Waals surface area contributed by atoms with Crippen LogP contribution in [0.4, 0.5) is 5.69 Å². The molecule has 4 nitrogen and oxygen atoms in total. The number of hydrogen-bond donors (Lipinski definition) is 1. The van der Waals surface area contributed by atoms with Gasteiger partial charge in [0.2, 0.25) is 0 Å². The van der Waals surface area contributed by atoms with Gasteiger partial charge in [0.15, 0.2) is 0 Å². The molecule has 1 aliphatic rings. The summed E-state index contributed by atoms with van der Waals surface area (Å²) < 4.78 is 0.891. The van der Waals surface area contributed by atoms with E-state index < -0.39 is 11.8 Å². The lowest BCUT2D eigenvalue weighted by atomic mass is 10.2. The molecule has 1 saturated heterocycles. The zero-order valence-electron chi connectivity index (χ0n) is 12.4. The Morgan fingerprint density at radius 2 is 1.75 bits per heavy atom. The fraction of sp³-hybridized carbons (Fsp3) is 0. The smallest absolute Gasteiger partial charge is 0.267 e. The number of amides is 2. The molecule has 2 aromatic carbocycles. The van der Waals surface area contributed by atoms with Gasteiger partial charge in [0, 0.05) is 9.50 Å². The van der Waals surface area contributed by atoms with Crippen LogP contribution in [0.5, 0.6) is 0 Å². The van der Waals surface area contributed by atoms with E-state index in [0.717, 1.165) is 10.0 Å². The minimum Gasteiger partial charge on any atom is -0.267 e. The van der Waals surface area contributed by atoms with E-state index in [1.165, 1.54) is 11.1 Å². The number of allylic oxidation sites excluding steroid dienone is 2. The van der Waals surface area contributed by atoms with Gasteiger partial charge in [-0.25, -0.2) is 5.01 Å². The van der Waals surface area contributed by atoms with Crippen molar-refractivity contribution in [3.63, 3.8) is 0 Å². The van der Waals surface area contributed by atoms with Gasteiger partial charge in [-0.3, -0.25) is 15.0 Å². The van der Waals surface area contributed by atoms with E-state index in [2.05, 4.69) is 21.4 Å². The molecular formula is C18H12BrClN2O2. The maximum Gasteiger partial charge on any atom is 0.282 e. The van der Waals surface area contributed by atoms with E-state index in [9.17, 15) is 9.59 Å². The van der Waals surface area contributed by atoms with E-state index in [1.807, 2.05) is 18.2 Å². The van der Waals surface area contributed by atoms with Gasteiger partial charge in [0.25, 0.3) is 11.8 Å². The average Bonchev–Trinajstić information content (AvgIpc) is 2.85. The maximum absolute atomic E-state index is 12.4. The van der Waals surface area contributed by atoms with Crippen molar-refractivity contribution in [2.75, 3.05) is 5.01 Å². The second kappa shape index (κ2) is 7.03. The minimum absolute atomic E-state index is 0.0706. The number of nitrogens with zero attached hydrogens (tertiary/aromatic N) is 1. The van der Waals surface area contributed by atoms with Crippen molar-refractivity contribution >= 4 is 51.1 Å². The van der Waals surface area contributed by atoms with Gasteiger partial charge in [0.1, 0.15) is 5.57 Å². The fourth-order valence-corrected chi connectivity index (χ4v) is 2.67. The lowest BCUT2D eigenvalue weighted by Crippen LogP contribution is -2.35. The van der Waals surface area contributed by atoms with E-state index in [-0.39, 0.29) is 5.57 Å².